The van der Waals surface area contributed by atoms with Crippen LogP contribution in [0.2, 0.25) is 0 Å². The second-order valence-electron chi connectivity index (χ2n) is 4.46. The summed E-state index contributed by atoms with van der Waals surface area (Å²) in [7, 11) is 3.33. The molecule has 2 rings (SSSR count). The zero-order valence-corrected chi connectivity index (χ0v) is 12.5. The first kappa shape index (κ1) is 14.5. The Morgan fingerprint density at radius 1 is 1.32 bits per heavy atom. The van der Waals surface area contributed by atoms with Gasteiger partial charge in [0.05, 0.1) is 20.8 Å². The van der Waals surface area contributed by atoms with E-state index in [2.05, 4.69) is 11.6 Å². The van der Waals surface area contributed by atoms with E-state index in [1.54, 1.807) is 26.0 Å². The van der Waals surface area contributed by atoms with Crippen molar-refractivity contribution in [3.05, 3.63) is 17.7 Å². The molecule has 0 radical (unpaired) electrons. The highest BCUT2D eigenvalue weighted by Gasteiger charge is 2.16. The molecule has 1 aliphatic heterocycles. The summed E-state index contributed by atoms with van der Waals surface area (Å²) in [5.74, 6) is 1.56. The van der Waals surface area contributed by atoms with Gasteiger partial charge in [-0.05, 0) is 30.4 Å². The Balaban J connectivity index is 2.12. The zero-order valence-electron chi connectivity index (χ0n) is 11.7. The lowest BCUT2D eigenvalue weighted by atomic mass is 10.1. The molecule has 1 N–H and O–H groups in total. The molecule has 1 heterocycles. The van der Waals surface area contributed by atoms with Crippen LogP contribution in [-0.2, 0) is 11.3 Å². The maximum absolute atomic E-state index is 5.37. The Morgan fingerprint density at radius 2 is 2.05 bits per heavy atom. The number of thioether (sulfide) groups is 1. The fourth-order valence-corrected chi connectivity index (χ4v) is 2.80. The molecule has 0 aliphatic carbocycles. The lowest BCUT2D eigenvalue weighted by molar-refractivity contribution is 0.189. The van der Waals surface area contributed by atoms with Gasteiger partial charge in [0.15, 0.2) is 11.5 Å². The van der Waals surface area contributed by atoms with E-state index in [0.717, 1.165) is 37.7 Å². The van der Waals surface area contributed by atoms with Crippen LogP contribution in [0.4, 0.5) is 0 Å². The normalized spacial score (nSPS) is 18.6. The highest BCUT2D eigenvalue weighted by atomic mass is 32.2. The van der Waals surface area contributed by atoms with Gasteiger partial charge in [0.25, 0.3) is 0 Å². The molecule has 1 aromatic rings. The minimum atomic E-state index is 0.461. The third-order valence-electron chi connectivity index (χ3n) is 3.30. The van der Waals surface area contributed by atoms with Crippen LogP contribution in [0.1, 0.15) is 12.0 Å². The van der Waals surface area contributed by atoms with E-state index in [-0.39, 0.29) is 0 Å². The fraction of sp³-hybridized carbons (Fsp3) is 0.571. The summed E-state index contributed by atoms with van der Waals surface area (Å²) in [4.78, 5) is 1.21. The first-order valence-electron chi connectivity index (χ1n) is 6.38. The molecule has 0 bridgehead atoms. The number of methoxy groups -OCH3 is 2. The number of ether oxygens (including phenoxy) is 3. The first-order chi connectivity index (χ1) is 9.28. The van der Waals surface area contributed by atoms with Crippen molar-refractivity contribution in [2.24, 2.45) is 0 Å². The summed E-state index contributed by atoms with van der Waals surface area (Å²) in [6, 6.07) is 4.54. The molecule has 1 aliphatic rings. The average molecular weight is 283 g/mol. The predicted octanol–water partition coefficient (Wildman–Crippen LogP) is 2.30. The van der Waals surface area contributed by atoms with Crippen molar-refractivity contribution in [3.63, 3.8) is 0 Å². The number of hydrogen-bond acceptors (Lipinski definition) is 5. The van der Waals surface area contributed by atoms with E-state index in [9.17, 15) is 0 Å². The van der Waals surface area contributed by atoms with Gasteiger partial charge in [0, 0.05) is 24.1 Å². The Labute approximate surface area is 118 Å². The van der Waals surface area contributed by atoms with E-state index in [1.807, 2.05) is 12.1 Å². The molecule has 1 fully saturated rings. The van der Waals surface area contributed by atoms with Crippen LogP contribution in [0, 0.1) is 0 Å². The van der Waals surface area contributed by atoms with Gasteiger partial charge in [-0.2, -0.15) is 0 Å². The number of nitrogens with one attached hydrogen (secondary N) is 1. The van der Waals surface area contributed by atoms with Crippen molar-refractivity contribution in [1.82, 2.24) is 5.32 Å². The van der Waals surface area contributed by atoms with Crippen LogP contribution >= 0.6 is 11.8 Å². The molecule has 0 aromatic heterocycles. The molecule has 4 nitrogen and oxygen atoms in total. The molecule has 19 heavy (non-hydrogen) atoms. The lowest BCUT2D eigenvalue weighted by Crippen LogP contribution is -2.28. The molecule has 1 atom stereocenters. The Hall–Kier alpha value is -0.910. The largest absolute Gasteiger partial charge is 0.493 e. The van der Waals surface area contributed by atoms with Crippen LogP contribution in [-0.4, -0.2) is 39.7 Å². The molecular weight excluding hydrogens is 262 g/mol. The van der Waals surface area contributed by atoms with Crippen molar-refractivity contribution in [1.29, 1.82) is 0 Å². The molecule has 0 saturated carbocycles. The van der Waals surface area contributed by atoms with Gasteiger partial charge in [0.1, 0.15) is 0 Å². The van der Waals surface area contributed by atoms with E-state index >= 15 is 0 Å². The smallest absolute Gasteiger partial charge is 0.161 e. The third-order valence-corrected chi connectivity index (χ3v) is 4.12. The van der Waals surface area contributed by atoms with Gasteiger partial charge in [-0.15, -0.1) is 11.8 Å². The molecule has 1 aromatic carbocycles. The minimum Gasteiger partial charge on any atom is -0.493 e. The molecule has 0 spiro atoms. The molecule has 5 heteroatoms. The van der Waals surface area contributed by atoms with E-state index < -0.39 is 0 Å². The Bertz CT molecular complexity index is 419. The molecular formula is C14H21NO3S. The van der Waals surface area contributed by atoms with Crippen LogP contribution in [0.15, 0.2) is 17.0 Å². The van der Waals surface area contributed by atoms with Gasteiger partial charge >= 0.3 is 0 Å². The van der Waals surface area contributed by atoms with Crippen molar-refractivity contribution < 1.29 is 14.2 Å². The SMILES string of the molecule is COc1cc(CNC2CCOC2)c(SC)cc1OC. The van der Waals surface area contributed by atoms with Gasteiger partial charge in [0.2, 0.25) is 0 Å². The van der Waals surface area contributed by atoms with Gasteiger partial charge < -0.3 is 19.5 Å². The van der Waals surface area contributed by atoms with Crippen molar-refractivity contribution >= 4 is 11.8 Å². The summed E-state index contributed by atoms with van der Waals surface area (Å²) >= 11 is 1.72. The van der Waals surface area contributed by atoms with Crippen LogP contribution in [0.3, 0.4) is 0 Å². The maximum atomic E-state index is 5.37. The number of rotatable bonds is 6. The summed E-state index contributed by atoms with van der Waals surface area (Å²) in [6.45, 7) is 2.49. The zero-order chi connectivity index (χ0) is 13.7. The van der Waals surface area contributed by atoms with E-state index in [4.69, 9.17) is 14.2 Å². The number of hydrogen-bond donors (Lipinski definition) is 1. The second kappa shape index (κ2) is 7.03. The fourth-order valence-electron chi connectivity index (χ4n) is 2.18. The average Bonchev–Trinajstić information content (AvgIpc) is 2.97. The standard InChI is InChI=1S/C14H21NO3S/c1-16-12-6-10(8-15-11-4-5-18-9-11)14(19-3)7-13(12)17-2/h6-7,11,15H,4-5,8-9H2,1-3H3. The predicted molar refractivity (Wildman–Crippen MR) is 77.4 cm³/mol. The lowest BCUT2D eigenvalue weighted by Gasteiger charge is -2.16. The van der Waals surface area contributed by atoms with Crippen molar-refractivity contribution in [2.75, 3.05) is 33.7 Å². The molecule has 106 valence electrons. The molecule has 1 unspecified atom stereocenters. The summed E-state index contributed by atoms with van der Waals surface area (Å²) < 4.78 is 16.1. The highest BCUT2D eigenvalue weighted by Crippen LogP contribution is 2.34. The summed E-state index contributed by atoms with van der Waals surface area (Å²) in [6.07, 6.45) is 3.16. The Kier molecular flexibility index (Phi) is 5.36. The van der Waals surface area contributed by atoms with Crippen molar-refractivity contribution in [2.45, 2.75) is 23.9 Å². The van der Waals surface area contributed by atoms with Crippen LogP contribution < -0.4 is 14.8 Å². The molecule has 0 amide bonds. The number of benzene rings is 1. The third kappa shape index (κ3) is 3.55. The minimum absolute atomic E-state index is 0.461. The molecule has 1 saturated heterocycles. The highest BCUT2D eigenvalue weighted by molar-refractivity contribution is 7.98. The van der Waals surface area contributed by atoms with E-state index in [0.29, 0.717) is 6.04 Å². The summed E-state index contributed by atoms with van der Waals surface area (Å²) in [5.41, 5.74) is 1.23. The monoisotopic (exact) mass is 283 g/mol. The van der Waals surface area contributed by atoms with Gasteiger partial charge in [-0.25, -0.2) is 0 Å². The quantitative estimate of drug-likeness (QED) is 0.811. The second-order valence-corrected chi connectivity index (χ2v) is 5.31. The van der Waals surface area contributed by atoms with Crippen LogP contribution in [0.5, 0.6) is 11.5 Å². The van der Waals surface area contributed by atoms with Crippen LogP contribution in [0.25, 0.3) is 0 Å². The topological polar surface area (TPSA) is 39.7 Å². The van der Waals surface area contributed by atoms with Gasteiger partial charge in [-0.1, -0.05) is 0 Å². The Morgan fingerprint density at radius 3 is 2.63 bits per heavy atom. The maximum Gasteiger partial charge on any atom is 0.161 e. The van der Waals surface area contributed by atoms with Crippen molar-refractivity contribution in [3.8, 4) is 11.5 Å². The van der Waals surface area contributed by atoms with Gasteiger partial charge in [-0.3, -0.25) is 0 Å². The van der Waals surface area contributed by atoms with E-state index in [1.165, 1.54) is 10.5 Å². The first-order valence-corrected chi connectivity index (χ1v) is 7.61. The summed E-state index contributed by atoms with van der Waals surface area (Å²) in [5, 5.41) is 3.53.